The van der Waals surface area contributed by atoms with Gasteiger partial charge in [-0.25, -0.2) is 0 Å². The quantitative estimate of drug-likeness (QED) is 0.879. The molecule has 2 rings (SSSR count). The van der Waals surface area contributed by atoms with Crippen molar-refractivity contribution in [1.29, 1.82) is 0 Å². The molecule has 19 heavy (non-hydrogen) atoms. The molecule has 2 heteroatoms. The minimum absolute atomic E-state index is 0.579. The fourth-order valence-corrected chi connectivity index (χ4v) is 2.33. The SMILES string of the molecule is CCc1ccc(C(C)(O)Cc2ccc(Cl)cc2)cc1. The number of hydrogen-bond donors (Lipinski definition) is 1. The van der Waals surface area contributed by atoms with Gasteiger partial charge in [-0.05, 0) is 42.2 Å². The molecule has 1 atom stereocenters. The van der Waals surface area contributed by atoms with Gasteiger partial charge in [0.2, 0.25) is 0 Å². The smallest absolute Gasteiger partial charge is 0.0908 e. The van der Waals surface area contributed by atoms with Crippen molar-refractivity contribution in [2.45, 2.75) is 32.3 Å². The van der Waals surface area contributed by atoms with E-state index in [1.807, 2.05) is 43.3 Å². The minimum Gasteiger partial charge on any atom is -0.385 e. The first-order chi connectivity index (χ1) is 9.01. The van der Waals surface area contributed by atoms with Gasteiger partial charge in [0.15, 0.2) is 0 Å². The summed E-state index contributed by atoms with van der Waals surface area (Å²) in [4.78, 5) is 0. The van der Waals surface area contributed by atoms with Gasteiger partial charge in [0.05, 0.1) is 5.60 Å². The maximum atomic E-state index is 10.6. The lowest BCUT2D eigenvalue weighted by atomic mass is 9.88. The molecule has 2 aromatic carbocycles. The zero-order chi connectivity index (χ0) is 13.9. The molecule has 0 saturated carbocycles. The van der Waals surface area contributed by atoms with E-state index < -0.39 is 5.60 Å². The average molecular weight is 275 g/mol. The molecule has 0 fully saturated rings. The zero-order valence-corrected chi connectivity index (χ0v) is 12.1. The molecule has 0 aliphatic carbocycles. The number of aliphatic hydroxyl groups is 1. The Balaban J connectivity index is 2.18. The van der Waals surface area contributed by atoms with Crippen LogP contribution in [0.4, 0.5) is 0 Å². The Hall–Kier alpha value is -1.31. The molecule has 0 aliphatic heterocycles. The third-order valence-electron chi connectivity index (χ3n) is 3.45. The Morgan fingerprint density at radius 2 is 1.47 bits per heavy atom. The van der Waals surface area contributed by atoms with Crippen LogP contribution in [0, 0.1) is 0 Å². The number of benzene rings is 2. The van der Waals surface area contributed by atoms with Gasteiger partial charge < -0.3 is 5.11 Å². The van der Waals surface area contributed by atoms with E-state index in [-0.39, 0.29) is 0 Å². The van der Waals surface area contributed by atoms with Gasteiger partial charge >= 0.3 is 0 Å². The van der Waals surface area contributed by atoms with E-state index in [1.54, 1.807) is 0 Å². The minimum atomic E-state index is -0.861. The van der Waals surface area contributed by atoms with E-state index >= 15 is 0 Å². The van der Waals surface area contributed by atoms with Crippen LogP contribution in [-0.4, -0.2) is 5.11 Å². The first-order valence-corrected chi connectivity index (χ1v) is 6.95. The van der Waals surface area contributed by atoms with Gasteiger partial charge in [-0.1, -0.05) is 54.9 Å². The van der Waals surface area contributed by atoms with Gasteiger partial charge in [0, 0.05) is 11.4 Å². The van der Waals surface area contributed by atoms with Gasteiger partial charge in [0.1, 0.15) is 0 Å². The van der Waals surface area contributed by atoms with Crippen LogP contribution in [0.5, 0.6) is 0 Å². The van der Waals surface area contributed by atoms with Crippen molar-refractivity contribution in [3.63, 3.8) is 0 Å². The molecule has 0 aliphatic rings. The Labute approximate surface area is 119 Å². The maximum Gasteiger partial charge on any atom is 0.0908 e. The lowest BCUT2D eigenvalue weighted by molar-refractivity contribution is 0.0576. The molecule has 0 amide bonds. The summed E-state index contributed by atoms with van der Waals surface area (Å²) in [7, 11) is 0. The van der Waals surface area contributed by atoms with Crippen LogP contribution in [0.2, 0.25) is 5.02 Å². The van der Waals surface area contributed by atoms with Crippen molar-refractivity contribution in [1.82, 2.24) is 0 Å². The molecular formula is C17H19ClO. The van der Waals surface area contributed by atoms with Gasteiger partial charge in [-0.2, -0.15) is 0 Å². The van der Waals surface area contributed by atoms with E-state index in [0.29, 0.717) is 6.42 Å². The van der Waals surface area contributed by atoms with Crippen molar-refractivity contribution in [3.05, 3.63) is 70.2 Å². The molecule has 0 spiro atoms. The Morgan fingerprint density at radius 3 is 2.00 bits per heavy atom. The summed E-state index contributed by atoms with van der Waals surface area (Å²) in [6.45, 7) is 3.98. The van der Waals surface area contributed by atoms with Gasteiger partial charge in [-0.15, -0.1) is 0 Å². The van der Waals surface area contributed by atoms with Crippen LogP contribution in [0.3, 0.4) is 0 Å². The van der Waals surface area contributed by atoms with E-state index in [4.69, 9.17) is 11.6 Å². The molecule has 0 aromatic heterocycles. The molecule has 0 heterocycles. The summed E-state index contributed by atoms with van der Waals surface area (Å²) in [5.41, 5.74) is 2.44. The van der Waals surface area contributed by atoms with Crippen LogP contribution in [0.15, 0.2) is 48.5 Å². The fourth-order valence-electron chi connectivity index (χ4n) is 2.20. The number of halogens is 1. The topological polar surface area (TPSA) is 20.2 Å². The first kappa shape index (κ1) is 14.1. The monoisotopic (exact) mass is 274 g/mol. The lowest BCUT2D eigenvalue weighted by Gasteiger charge is -2.24. The first-order valence-electron chi connectivity index (χ1n) is 6.57. The van der Waals surface area contributed by atoms with Crippen molar-refractivity contribution in [2.75, 3.05) is 0 Å². The molecule has 1 N–H and O–H groups in total. The number of hydrogen-bond acceptors (Lipinski definition) is 1. The van der Waals surface area contributed by atoms with Crippen LogP contribution in [-0.2, 0) is 18.4 Å². The summed E-state index contributed by atoms with van der Waals surface area (Å²) < 4.78 is 0. The predicted molar refractivity (Wildman–Crippen MR) is 80.5 cm³/mol. The Bertz CT molecular complexity index is 526. The van der Waals surface area contributed by atoms with E-state index in [9.17, 15) is 5.11 Å². The second kappa shape index (κ2) is 5.77. The molecule has 0 bridgehead atoms. The molecule has 1 unspecified atom stereocenters. The second-order valence-electron chi connectivity index (χ2n) is 5.13. The highest BCUT2D eigenvalue weighted by Crippen LogP contribution is 2.26. The lowest BCUT2D eigenvalue weighted by Crippen LogP contribution is -2.24. The zero-order valence-electron chi connectivity index (χ0n) is 11.4. The molecule has 2 aromatic rings. The summed E-state index contributed by atoms with van der Waals surface area (Å²) in [5.74, 6) is 0. The Morgan fingerprint density at radius 1 is 0.947 bits per heavy atom. The van der Waals surface area contributed by atoms with Crippen LogP contribution >= 0.6 is 11.6 Å². The third-order valence-corrected chi connectivity index (χ3v) is 3.70. The summed E-state index contributed by atoms with van der Waals surface area (Å²) in [5, 5.41) is 11.4. The third kappa shape index (κ3) is 3.59. The highest BCUT2D eigenvalue weighted by molar-refractivity contribution is 6.30. The molecule has 0 radical (unpaired) electrons. The Kier molecular flexibility index (Phi) is 4.28. The summed E-state index contributed by atoms with van der Waals surface area (Å²) in [6.07, 6.45) is 1.59. The van der Waals surface area contributed by atoms with Crippen molar-refractivity contribution >= 4 is 11.6 Å². The van der Waals surface area contributed by atoms with Crippen molar-refractivity contribution < 1.29 is 5.11 Å². The van der Waals surface area contributed by atoms with E-state index in [0.717, 1.165) is 22.6 Å². The second-order valence-corrected chi connectivity index (χ2v) is 5.56. The van der Waals surface area contributed by atoms with Gasteiger partial charge in [0.25, 0.3) is 0 Å². The van der Waals surface area contributed by atoms with Crippen LogP contribution in [0.1, 0.15) is 30.5 Å². The molecule has 1 nitrogen and oxygen atoms in total. The normalized spacial score (nSPS) is 14.1. The standard InChI is InChI=1S/C17H19ClO/c1-3-13-4-8-15(9-5-13)17(2,19)12-14-6-10-16(18)11-7-14/h4-11,19H,3,12H2,1-2H3. The molecule has 100 valence electrons. The molecule has 0 saturated heterocycles. The number of aryl methyl sites for hydroxylation is 1. The highest BCUT2D eigenvalue weighted by atomic mass is 35.5. The maximum absolute atomic E-state index is 10.6. The van der Waals surface area contributed by atoms with E-state index in [1.165, 1.54) is 5.56 Å². The van der Waals surface area contributed by atoms with E-state index in [2.05, 4.69) is 19.1 Å². The van der Waals surface area contributed by atoms with Gasteiger partial charge in [-0.3, -0.25) is 0 Å². The van der Waals surface area contributed by atoms with Crippen LogP contribution < -0.4 is 0 Å². The average Bonchev–Trinajstić information content (AvgIpc) is 2.41. The predicted octanol–water partition coefficient (Wildman–Crippen LogP) is 4.35. The van der Waals surface area contributed by atoms with Crippen molar-refractivity contribution in [2.24, 2.45) is 0 Å². The number of rotatable bonds is 4. The van der Waals surface area contributed by atoms with Crippen LogP contribution in [0.25, 0.3) is 0 Å². The van der Waals surface area contributed by atoms with Crippen molar-refractivity contribution in [3.8, 4) is 0 Å². The summed E-state index contributed by atoms with van der Waals surface area (Å²) in [6, 6.07) is 15.8. The fraction of sp³-hybridized carbons (Fsp3) is 0.294. The highest BCUT2D eigenvalue weighted by Gasteiger charge is 2.23. The summed E-state index contributed by atoms with van der Waals surface area (Å²) >= 11 is 5.87. The largest absolute Gasteiger partial charge is 0.385 e. The molecular weight excluding hydrogens is 256 g/mol.